The zero-order valence-electron chi connectivity index (χ0n) is 19.4. The van der Waals surface area contributed by atoms with Crippen LogP contribution in [0.1, 0.15) is 36.6 Å². The van der Waals surface area contributed by atoms with Crippen LogP contribution in [-0.2, 0) is 21.2 Å². The van der Waals surface area contributed by atoms with Crippen LogP contribution >= 0.6 is 0 Å². The molecule has 0 fully saturated rings. The number of methoxy groups -OCH3 is 1. The van der Waals surface area contributed by atoms with Gasteiger partial charge >= 0.3 is 0 Å². The van der Waals surface area contributed by atoms with E-state index in [1.807, 2.05) is 50.2 Å². The van der Waals surface area contributed by atoms with E-state index >= 15 is 0 Å². The Hall–Kier alpha value is -3.32. The summed E-state index contributed by atoms with van der Waals surface area (Å²) in [7, 11) is -2.46. The van der Waals surface area contributed by atoms with Crippen molar-refractivity contribution in [3.63, 3.8) is 0 Å². The molecular formula is C26H30N2O4S. The fourth-order valence-electron chi connectivity index (χ4n) is 3.44. The Balaban J connectivity index is 1.86. The molecule has 1 N–H and O–H groups in total. The van der Waals surface area contributed by atoms with Crippen molar-refractivity contribution in [2.75, 3.05) is 18.0 Å². The van der Waals surface area contributed by atoms with E-state index in [-0.39, 0.29) is 23.4 Å². The van der Waals surface area contributed by atoms with Gasteiger partial charge in [0.2, 0.25) is 5.91 Å². The Morgan fingerprint density at radius 2 is 1.58 bits per heavy atom. The van der Waals surface area contributed by atoms with Crippen LogP contribution in [-0.4, -0.2) is 28.0 Å². The first-order chi connectivity index (χ1) is 15.7. The molecule has 0 saturated heterocycles. The summed E-state index contributed by atoms with van der Waals surface area (Å²) < 4.78 is 33.2. The molecule has 0 radical (unpaired) electrons. The van der Waals surface area contributed by atoms with Crippen molar-refractivity contribution in [2.24, 2.45) is 0 Å². The lowest BCUT2D eigenvalue weighted by Crippen LogP contribution is -2.41. The van der Waals surface area contributed by atoms with Gasteiger partial charge in [-0.2, -0.15) is 0 Å². The fraction of sp³-hybridized carbons (Fsp3) is 0.269. The lowest BCUT2D eigenvalue weighted by atomic mass is 10.1. The van der Waals surface area contributed by atoms with Crippen LogP contribution in [0.25, 0.3) is 0 Å². The van der Waals surface area contributed by atoms with Crippen molar-refractivity contribution in [2.45, 2.75) is 38.1 Å². The number of ether oxygens (including phenoxy) is 1. The molecule has 0 aliphatic rings. The molecule has 0 spiro atoms. The molecular weight excluding hydrogens is 436 g/mol. The van der Waals surface area contributed by atoms with E-state index < -0.39 is 10.0 Å². The van der Waals surface area contributed by atoms with Gasteiger partial charge in [-0.15, -0.1) is 0 Å². The maximum atomic E-state index is 13.5. The summed E-state index contributed by atoms with van der Waals surface area (Å²) in [5.41, 5.74) is 3.59. The van der Waals surface area contributed by atoms with Gasteiger partial charge in [0, 0.05) is 0 Å². The molecule has 1 amide bonds. The number of hydrogen-bond acceptors (Lipinski definition) is 4. The van der Waals surface area contributed by atoms with Gasteiger partial charge in [-0.3, -0.25) is 9.10 Å². The maximum absolute atomic E-state index is 13.5. The number of carbonyl (C=O) groups excluding carboxylic acids is 1. The van der Waals surface area contributed by atoms with Gasteiger partial charge in [0.15, 0.2) is 0 Å². The van der Waals surface area contributed by atoms with Gasteiger partial charge in [-0.1, -0.05) is 48.9 Å². The molecule has 0 heterocycles. The minimum absolute atomic E-state index is 0.0832. The number of hydrogen-bond donors (Lipinski definition) is 1. The Morgan fingerprint density at radius 3 is 2.12 bits per heavy atom. The van der Waals surface area contributed by atoms with Crippen molar-refractivity contribution in [1.82, 2.24) is 5.32 Å². The quantitative estimate of drug-likeness (QED) is 0.499. The number of rotatable bonds is 9. The van der Waals surface area contributed by atoms with Crippen molar-refractivity contribution in [1.29, 1.82) is 0 Å². The van der Waals surface area contributed by atoms with Crippen LogP contribution in [0.5, 0.6) is 5.75 Å². The van der Waals surface area contributed by atoms with Crippen molar-refractivity contribution in [3.05, 3.63) is 89.5 Å². The van der Waals surface area contributed by atoms with Crippen LogP contribution in [0.4, 0.5) is 5.69 Å². The predicted molar refractivity (Wildman–Crippen MR) is 131 cm³/mol. The normalized spacial score (nSPS) is 12.1. The molecule has 3 aromatic carbocycles. The summed E-state index contributed by atoms with van der Waals surface area (Å²) in [4.78, 5) is 13.0. The van der Waals surface area contributed by atoms with Crippen LogP contribution in [0, 0.1) is 6.92 Å². The zero-order valence-corrected chi connectivity index (χ0v) is 20.2. The first kappa shape index (κ1) is 24.3. The van der Waals surface area contributed by atoms with Gasteiger partial charge in [-0.05, 0) is 67.8 Å². The zero-order chi connectivity index (χ0) is 24.0. The topological polar surface area (TPSA) is 75.7 Å². The molecule has 6 nitrogen and oxygen atoms in total. The van der Waals surface area contributed by atoms with Crippen molar-refractivity contribution >= 4 is 21.6 Å². The van der Waals surface area contributed by atoms with Gasteiger partial charge in [0.25, 0.3) is 10.0 Å². The molecule has 7 heteroatoms. The molecule has 0 aromatic heterocycles. The maximum Gasteiger partial charge on any atom is 0.264 e. The van der Waals surface area contributed by atoms with E-state index in [1.54, 1.807) is 24.3 Å². The minimum atomic E-state index is -3.98. The summed E-state index contributed by atoms with van der Waals surface area (Å²) in [5, 5.41) is 2.92. The summed E-state index contributed by atoms with van der Waals surface area (Å²) in [6.45, 7) is 5.55. The number of aryl methyl sites for hydroxylation is 2. The lowest BCUT2D eigenvalue weighted by molar-refractivity contribution is -0.120. The summed E-state index contributed by atoms with van der Waals surface area (Å²) >= 11 is 0. The molecule has 0 saturated carbocycles. The third kappa shape index (κ3) is 5.93. The highest BCUT2D eigenvalue weighted by Gasteiger charge is 2.27. The van der Waals surface area contributed by atoms with Crippen LogP contribution < -0.4 is 14.4 Å². The number of sulfonamides is 1. The number of anilines is 1. The Bertz CT molecular complexity index is 1170. The van der Waals surface area contributed by atoms with E-state index in [4.69, 9.17) is 4.74 Å². The largest absolute Gasteiger partial charge is 0.497 e. The van der Waals surface area contributed by atoms with Crippen LogP contribution in [0.3, 0.4) is 0 Å². The smallest absolute Gasteiger partial charge is 0.264 e. The Morgan fingerprint density at radius 1 is 0.970 bits per heavy atom. The first-order valence-corrected chi connectivity index (χ1v) is 12.3. The van der Waals surface area contributed by atoms with E-state index in [2.05, 4.69) is 12.2 Å². The number of carbonyl (C=O) groups is 1. The van der Waals surface area contributed by atoms with Gasteiger partial charge in [0.05, 0.1) is 23.7 Å². The van der Waals surface area contributed by atoms with E-state index in [9.17, 15) is 13.2 Å². The molecule has 0 aliphatic heterocycles. The monoisotopic (exact) mass is 466 g/mol. The van der Waals surface area contributed by atoms with E-state index in [0.717, 1.165) is 21.9 Å². The highest BCUT2D eigenvalue weighted by molar-refractivity contribution is 7.92. The number of nitrogens with zero attached hydrogens (tertiary/aromatic N) is 1. The standard InChI is InChI=1S/C26H30N2O4S/c1-5-21-8-10-22(11-9-21)20(3)27-26(29)18-28(23-12-6-19(2)7-13-23)33(30,31)25-16-14-24(32-4)15-17-25/h6-17,20H,5,18H2,1-4H3,(H,27,29). The van der Waals surface area contributed by atoms with Crippen LogP contribution in [0.15, 0.2) is 77.7 Å². The average Bonchev–Trinajstić information content (AvgIpc) is 2.83. The first-order valence-electron chi connectivity index (χ1n) is 10.9. The molecule has 0 aliphatic carbocycles. The van der Waals surface area contributed by atoms with Gasteiger partial charge in [-0.25, -0.2) is 8.42 Å². The highest BCUT2D eigenvalue weighted by atomic mass is 32.2. The second-order valence-electron chi connectivity index (χ2n) is 7.91. The van der Waals surface area contributed by atoms with Crippen molar-refractivity contribution in [3.8, 4) is 5.75 Å². The number of amides is 1. The molecule has 0 bridgehead atoms. The van der Waals surface area contributed by atoms with Gasteiger partial charge < -0.3 is 10.1 Å². The Kier molecular flexibility index (Phi) is 7.76. The van der Waals surface area contributed by atoms with E-state index in [0.29, 0.717) is 11.4 Å². The summed E-state index contributed by atoms with van der Waals surface area (Å²) in [6.07, 6.45) is 0.940. The SMILES string of the molecule is CCc1ccc(C(C)NC(=O)CN(c2ccc(C)cc2)S(=O)(=O)c2ccc(OC)cc2)cc1. The second-order valence-corrected chi connectivity index (χ2v) is 9.77. The molecule has 1 unspecified atom stereocenters. The number of benzene rings is 3. The summed E-state index contributed by atoms with van der Waals surface area (Å²) in [6, 6.07) is 20.9. The predicted octanol–water partition coefficient (Wildman–Crippen LogP) is 4.64. The molecule has 3 aromatic rings. The van der Waals surface area contributed by atoms with Gasteiger partial charge in [0.1, 0.15) is 12.3 Å². The molecule has 3 rings (SSSR count). The average molecular weight is 467 g/mol. The lowest BCUT2D eigenvalue weighted by Gasteiger charge is -2.25. The second kappa shape index (κ2) is 10.5. The third-order valence-corrected chi connectivity index (χ3v) is 7.31. The molecule has 174 valence electrons. The highest BCUT2D eigenvalue weighted by Crippen LogP contribution is 2.25. The minimum Gasteiger partial charge on any atom is -0.497 e. The Labute approximate surface area is 196 Å². The molecule has 33 heavy (non-hydrogen) atoms. The van der Waals surface area contributed by atoms with E-state index in [1.165, 1.54) is 24.8 Å². The fourth-order valence-corrected chi connectivity index (χ4v) is 4.86. The van der Waals surface area contributed by atoms with Crippen LogP contribution in [0.2, 0.25) is 0 Å². The number of nitrogens with one attached hydrogen (secondary N) is 1. The molecule has 1 atom stereocenters. The summed E-state index contributed by atoms with van der Waals surface area (Å²) in [5.74, 6) is 0.163. The third-order valence-electron chi connectivity index (χ3n) is 5.52. The van der Waals surface area contributed by atoms with Crippen molar-refractivity contribution < 1.29 is 17.9 Å².